The predicted molar refractivity (Wildman–Crippen MR) is 101 cm³/mol. The summed E-state index contributed by atoms with van der Waals surface area (Å²) in [6, 6.07) is 11.3. The number of hydrogen-bond acceptors (Lipinski definition) is 3. The van der Waals surface area contributed by atoms with Gasteiger partial charge in [0.25, 0.3) is 0 Å². The second kappa shape index (κ2) is 7.46. The lowest BCUT2D eigenvalue weighted by atomic mass is 9.92. The Kier molecular flexibility index (Phi) is 4.89. The van der Waals surface area contributed by atoms with E-state index in [0.29, 0.717) is 12.6 Å². The van der Waals surface area contributed by atoms with Gasteiger partial charge in [0.15, 0.2) is 0 Å². The van der Waals surface area contributed by atoms with E-state index in [-0.39, 0.29) is 11.9 Å². The van der Waals surface area contributed by atoms with Gasteiger partial charge in [-0.1, -0.05) is 12.1 Å². The lowest BCUT2D eigenvalue weighted by molar-refractivity contribution is 0.138. The lowest BCUT2D eigenvalue weighted by Gasteiger charge is -2.30. The Labute approximate surface area is 152 Å². The van der Waals surface area contributed by atoms with Crippen molar-refractivity contribution < 1.29 is 9.13 Å². The van der Waals surface area contributed by atoms with Gasteiger partial charge in [-0.2, -0.15) is 5.10 Å². The first-order chi connectivity index (χ1) is 12.7. The zero-order chi connectivity index (χ0) is 17.9. The van der Waals surface area contributed by atoms with Crippen molar-refractivity contribution in [2.45, 2.75) is 51.3 Å². The summed E-state index contributed by atoms with van der Waals surface area (Å²) < 4.78 is 19.5. The number of benzene rings is 2. The number of nitrogens with one attached hydrogen (secondary N) is 2. The molecular formula is C21H24FN3O. The number of H-pyrrole nitrogens is 1. The maximum atomic E-state index is 13.3. The molecule has 0 aliphatic heterocycles. The standard InChI is InChI=1S/C21H24FN3O/c1-14-19-13-24-25-20(19)9-10-21(14)26-18-7-5-17(6-8-18)23-12-15-3-2-4-16(22)11-15/h2-4,9-11,13,17-18,23H,5-8,12H2,1H3,(H,24,25). The highest BCUT2D eigenvalue weighted by Gasteiger charge is 2.23. The van der Waals surface area contributed by atoms with Crippen LogP contribution in [0, 0.1) is 12.7 Å². The Balaban J connectivity index is 1.30. The van der Waals surface area contributed by atoms with Crippen molar-refractivity contribution in [3.8, 4) is 5.75 Å². The number of hydrogen-bond donors (Lipinski definition) is 2. The molecule has 0 unspecified atom stereocenters. The Morgan fingerprint density at radius 1 is 1.19 bits per heavy atom. The van der Waals surface area contributed by atoms with Crippen LogP contribution in [0.3, 0.4) is 0 Å². The van der Waals surface area contributed by atoms with Crippen LogP contribution < -0.4 is 10.1 Å². The molecule has 5 heteroatoms. The second-order valence-corrected chi connectivity index (χ2v) is 7.12. The van der Waals surface area contributed by atoms with Gasteiger partial charge in [-0.15, -0.1) is 0 Å². The molecule has 0 saturated heterocycles. The molecule has 1 aliphatic carbocycles. The SMILES string of the molecule is Cc1c(OC2CCC(NCc3cccc(F)c3)CC2)ccc2[nH]ncc12. The molecule has 4 rings (SSSR count). The van der Waals surface area contributed by atoms with Gasteiger partial charge in [0, 0.05) is 23.5 Å². The van der Waals surface area contributed by atoms with E-state index in [1.54, 1.807) is 12.1 Å². The van der Waals surface area contributed by atoms with Crippen LogP contribution >= 0.6 is 0 Å². The van der Waals surface area contributed by atoms with Crippen molar-refractivity contribution in [3.05, 3.63) is 59.5 Å². The van der Waals surface area contributed by atoms with Crippen LogP contribution in [0.5, 0.6) is 5.75 Å². The smallest absolute Gasteiger partial charge is 0.123 e. The largest absolute Gasteiger partial charge is 0.490 e. The molecule has 0 radical (unpaired) electrons. The first kappa shape index (κ1) is 17.0. The van der Waals surface area contributed by atoms with E-state index >= 15 is 0 Å². The van der Waals surface area contributed by atoms with Crippen LogP contribution in [0.4, 0.5) is 4.39 Å². The molecule has 2 N–H and O–H groups in total. The van der Waals surface area contributed by atoms with Gasteiger partial charge < -0.3 is 10.1 Å². The van der Waals surface area contributed by atoms with Crippen molar-refractivity contribution in [1.29, 1.82) is 0 Å². The summed E-state index contributed by atoms with van der Waals surface area (Å²) in [6.07, 6.45) is 6.32. The Bertz CT molecular complexity index is 884. The number of aryl methyl sites for hydroxylation is 1. The molecule has 1 aromatic heterocycles. The number of fused-ring (bicyclic) bond motifs is 1. The topological polar surface area (TPSA) is 49.9 Å². The van der Waals surface area contributed by atoms with Gasteiger partial charge >= 0.3 is 0 Å². The highest BCUT2D eigenvalue weighted by molar-refractivity contribution is 5.83. The highest BCUT2D eigenvalue weighted by atomic mass is 19.1. The number of nitrogens with zero attached hydrogens (tertiary/aromatic N) is 1. The molecule has 3 aromatic rings. The summed E-state index contributed by atoms with van der Waals surface area (Å²) in [4.78, 5) is 0. The van der Waals surface area contributed by atoms with Crippen LogP contribution in [-0.2, 0) is 6.54 Å². The minimum absolute atomic E-state index is 0.175. The first-order valence-electron chi connectivity index (χ1n) is 9.26. The van der Waals surface area contributed by atoms with E-state index in [2.05, 4.69) is 22.4 Å². The molecule has 136 valence electrons. The number of aromatic nitrogens is 2. The molecule has 0 spiro atoms. The summed E-state index contributed by atoms with van der Waals surface area (Å²) in [5.41, 5.74) is 3.18. The fraction of sp³-hybridized carbons (Fsp3) is 0.381. The summed E-state index contributed by atoms with van der Waals surface area (Å²) in [5.74, 6) is 0.779. The van der Waals surface area contributed by atoms with Crippen LogP contribution in [0.2, 0.25) is 0 Å². The fourth-order valence-electron chi connectivity index (χ4n) is 3.74. The number of aromatic amines is 1. The molecule has 26 heavy (non-hydrogen) atoms. The maximum Gasteiger partial charge on any atom is 0.123 e. The normalized spacial score (nSPS) is 20.4. The number of halogens is 1. The van der Waals surface area contributed by atoms with Gasteiger partial charge in [0.05, 0.1) is 17.8 Å². The van der Waals surface area contributed by atoms with Crippen molar-refractivity contribution in [2.75, 3.05) is 0 Å². The molecule has 0 bridgehead atoms. The summed E-state index contributed by atoms with van der Waals surface area (Å²) in [6.45, 7) is 2.80. The highest BCUT2D eigenvalue weighted by Crippen LogP contribution is 2.30. The van der Waals surface area contributed by atoms with Gasteiger partial charge in [-0.05, 0) is 62.4 Å². The molecule has 0 amide bonds. The Morgan fingerprint density at radius 2 is 2.04 bits per heavy atom. The summed E-state index contributed by atoms with van der Waals surface area (Å²) in [5, 5.41) is 11.8. The summed E-state index contributed by atoms with van der Waals surface area (Å²) in [7, 11) is 0. The van der Waals surface area contributed by atoms with E-state index < -0.39 is 0 Å². The minimum atomic E-state index is -0.175. The van der Waals surface area contributed by atoms with Crippen LogP contribution in [-0.4, -0.2) is 22.3 Å². The van der Waals surface area contributed by atoms with Gasteiger partial charge in [-0.25, -0.2) is 4.39 Å². The van der Waals surface area contributed by atoms with Crippen LogP contribution in [0.1, 0.15) is 36.8 Å². The Hall–Kier alpha value is -2.40. The molecular weight excluding hydrogens is 329 g/mol. The molecule has 1 fully saturated rings. The molecule has 4 nitrogen and oxygen atoms in total. The summed E-state index contributed by atoms with van der Waals surface area (Å²) >= 11 is 0. The average molecular weight is 353 g/mol. The zero-order valence-corrected chi connectivity index (χ0v) is 15.0. The number of rotatable bonds is 5. The third kappa shape index (κ3) is 3.73. The van der Waals surface area contributed by atoms with Gasteiger partial charge in [0.1, 0.15) is 11.6 Å². The van der Waals surface area contributed by atoms with Crippen LogP contribution in [0.15, 0.2) is 42.6 Å². The van der Waals surface area contributed by atoms with Crippen molar-refractivity contribution >= 4 is 10.9 Å². The van der Waals surface area contributed by atoms with Crippen molar-refractivity contribution in [3.63, 3.8) is 0 Å². The van der Waals surface area contributed by atoms with E-state index in [4.69, 9.17) is 4.74 Å². The molecule has 2 aromatic carbocycles. The monoisotopic (exact) mass is 353 g/mol. The van der Waals surface area contributed by atoms with E-state index in [1.807, 2.05) is 24.4 Å². The molecule has 0 atom stereocenters. The quantitative estimate of drug-likeness (QED) is 0.710. The van der Waals surface area contributed by atoms with E-state index in [9.17, 15) is 4.39 Å². The van der Waals surface area contributed by atoms with Gasteiger partial charge in [-0.3, -0.25) is 5.10 Å². The predicted octanol–water partition coefficient (Wildman–Crippen LogP) is 4.49. The lowest BCUT2D eigenvalue weighted by Crippen LogP contribution is -2.36. The van der Waals surface area contributed by atoms with E-state index in [1.165, 1.54) is 6.07 Å². The maximum absolute atomic E-state index is 13.3. The third-order valence-electron chi connectivity index (χ3n) is 5.30. The molecule has 1 saturated carbocycles. The van der Waals surface area contributed by atoms with Crippen molar-refractivity contribution in [1.82, 2.24) is 15.5 Å². The van der Waals surface area contributed by atoms with Gasteiger partial charge in [0.2, 0.25) is 0 Å². The third-order valence-corrected chi connectivity index (χ3v) is 5.30. The Morgan fingerprint density at radius 3 is 2.85 bits per heavy atom. The molecule has 1 heterocycles. The minimum Gasteiger partial charge on any atom is -0.490 e. The van der Waals surface area contributed by atoms with Crippen LogP contribution in [0.25, 0.3) is 10.9 Å². The van der Waals surface area contributed by atoms with E-state index in [0.717, 1.165) is 53.5 Å². The number of ether oxygens (including phenoxy) is 1. The second-order valence-electron chi connectivity index (χ2n) is 7.12. The average Bonchev–Trinajstić information content (AvgIpc) is 3.13. The fourth-order valence-corrected chi connectivity index (χ4v) is 3.74. The first-order valence-corrected chi connectivity index (χ1v) is 9.26. The molecule has 1 aliphatic rings. The van der Waals surface area contributed by atoms with Crippen molar-refractivity contribution in [2.24, 2.45) is 0 Å². The zero-order valence-electron chi connectivity index (χ0n) is 15.0.